The Kier molecular flexibility index (Phi) is 5.48. The maximum absolute atomic E-state index is 13.7. The number of rotatable bonds is 6. The third kappa shape index (κ3) is 4.02. The highest BCUT2D eigenvalue weighted by Crippen LogP contribution is 2.25. The van der Waals surface area contributed by atoms with Crippen LogP contribution in [0, 0.1) is 0 Å². The Bertz CT molecular complexity index is 1230. The predicted molar refractivity (Wildman–Crippen MR) is 110 cm³/mol. The van der Waals surface area contributed by atoms with E-state index in [-0.39, 0.29) is 29.4 Å². The molecule has 0 aliphatic carbocycles. The minimum Gasteiger partial charge on any atom is -0.459 e. The average Bonchev–Trinajstić information content (AvgIpc) is 3.41. The molecule has 0 saturated carbocycles. The summed E-state index contributed by atoms with van der Waals surface area (Å²) in [5, 5.41) is 2.64. The van der Waals surface area contributed by atoms with Crippen LogP contribution >= 0.6 is 0 Å². The van der Waals surface area contributed by atoms with Gasteiger partial charge in [-0.2, -0.15) is 8.78 Å². The van der Waals surface area contributed by atoms with Crippen molar-refractivity contribution >= 4 is 28.5 Å². The van der Waals surface area contributed by atoms with Gasteiger partial charge in [0.2, 0.25) is 0 Å². The molecule has 0 fully saturated rings. The van der Waals surface area contributed by atoms with Crippen LogP contribution in [0.1, 0.15) is 33.3 Å². The lowest BCUT2D eigenvalue weighted by molar-refractivity contribution is 0.0646. The number of benzene rings is 2. The maximum Gasteiger partial charge on any atom is 0.320 e. The van der Waals surface area contributed by atoms with Gasteiger partial charge in [-0.15, -0.1) is 0 Å². The Labute approximate surface area is 175 Å². The summed E-state index contributed by atoms with van der Waals surface area (Å²) < 4.78 is 33.2. The van der Waals surface area contributed by atoms with Crippen LogP contribution < -0.4 is 5.32 Å². The quantitative estimate of drug-likeness (QED) is 0.493. The van der Waals surface area contributed by atoms with Gasteiger partial charge in [0.25, 0.3) is 11.8 Å². The minimum absolute atomic E-state index is 0.0594. The molecule has 31 heavy (non-hydrogen) atoms. The Hall–Kier alpha value is -4.01. The van der Waals surface area contributed by atoms with Crippen LogP contribution in [0.4, 0.5) is 14.5 Å². The van der Waals surface area contributed by atoms with Crippen LogP contribution in [0.3, 0.4) is 0 Å². The average molecular weight is 424 g/mol. The molecule has 0 unspecified atom stereocenters. The number of halogens is 2. The minimum atomic E-state index is -2.80. The summed E-state index contributed by atoms with van der Waals surface area (Å²) in [5.74, 6) is -0.805. The summed E-state index contributed by atoms with van der Waals surface area (Å²) in [4.78, 5) is 30.9. The topological polar surface area (TPSA) is 80.4 Å². The monoisotopic (exact) mass is 424 g/mol. The number of hydrogen-bond acceptors (Lipinski definition) is 4. The highest BCUT2D eigenvalue weighted by molar-refractivity contribution is 6.07. The molecular weight excluding hydrogens is 406 g/mol. The number of nitrogens with zero attached hydrogens (tertiary/aromatic N) is 3. The van der Waals surface area contributed by atoms with Crippen molar-refractivity contribution in [2.24, 2.45) is 0 Å². The van der Waals surface area contributed by atoms with E-state index >= 15 is 0 Å². The zero-order valence-corrected chi connectivity index (χ0v) is 16.5. The lowest BCUT2D eigenvalue weighted by Gasteiger charge is -2.19. The molecule has 0 bridgehead atoms. The number of amides is 2. The molecule has 2 heterocycles. The fraction of sp³-hybridized carbons (Fsp3) is 0.136. The van der Waals surface area contributed by atoms with Gasteiger partial charge in [-0.1, -0.05) is 24.3 Å². The second-order valence-corrected chi connectivity index (χ2v) is 6.80. The Morgan fingerprint density at radius 1 is 1.10 bits per heavy atom. The number of carbonyl (C=O) groups is 2. The summed E-state index contributed by atoms with van der Waals surface area (Å²) in [7, 11) is 1.49. The normalized spacial score (nSPS) is 11.1. The highest BCUT2D eigenvalue weighted by atomic mass is 19.3. The van der Waals surface area contributed by atoms with Crippen molar-refractivity contribution in [3.8, 4) is 0 Å². The number of nitrogens with one attached hydrogen (secondary N) is 1. The molecule has 0 radical (unpaired) electrons. The van der Waals surface area contributed by atoms with Crippen LogP contribution in [0.15, 0.2) is 71.3 Å². The van der Waals surface area contributed by atoms with Crippen molar-refractivity contribution in [2.75, 3.05) is 12.4 Å². The first-order chi connectivity index (χ1) is 15.0. The van der Waals surface area contributed by atoms with E-state index in [4.69, 9.17) is 4.42 Å². The molecule has 1 N–H and O–H groups in total. The standard InChI is InChI=1S/C22H18F2N4O3/c1-27(13-19-25-16-9-4-5-10-17(16)28(19)22(23)24)21(30)14-7-2-3-8-15(14)26-20(29)18-11-6-12-31-18/h2-12,22H,13H2,1H3,(H,26,29). The Balaban J connectivity index is 1.59. The number of fused-ring (bicyclic) bond motifs is 1. The molecule has 0 aliphatic heterocycles. The third-order valence-corrected chi connectivity index (χ3v) is 4.74. The molecule has 2 aromatic carbocycles. The first-order valence-corrected chi connectivity index (χ1v) is 9.39. The van der Waals surface area contributed by atoms with Crippen molar-refractivity contribution in [1.82, 2.24) is 14.5 Å². The van der Waals surface area contributed by atoms with E-state index in [1.807, 2.05) is 0 Å². The molecule has 4 aromatic rings. The van der Waals surface area contributed by atoms with Gasteiger partial charge in [0.1, 0.15) is 5.82 Å². The van der Waals surface area contributed by atoms with Gasteiger partial charge in [0.15, 0.2) is 5.76 Å². The molecule has 2 amide bonds. The van der Waals surface area contributed by atoms with Gasteiger partial charge < -0.3 is 14.6 Å². The maximum atomic E-state index is 13.7. The fourth-order valence-corrected chi connectivity index (χ4v) is 3.28. The number of alkyl halides is 2. The number of aromatic nitrogens is 2. The third-order valence-electron chi connectivity index (χ3n) is 4.74. The highest BCUT2D eigenvalue weighted by Gasteiger charge is 2.23. The van der Waals surface area contributed by atoms with Crippen LogP contribution in [0.5, 0.6) is 0 Å². The Morgan fingerprint density at radius 3 is 2.58 bits per heavy atom. The Morgan fingerprint density at radius 2 is 1.84 bits per heavy atom. The summed E-state index contributed by atoms with van der Waals surface area (Å²) in [5.41, 5.74) is 1.21. The second-order valence-electron chi connectivity index (χ2n) is 6.80. The zero-order valence-electron chi connectivity index (χ0n) is 16.5. The molecule has 9 heteroatoms. The molecule has 0 saturated heterocycles. The van der Waals surface area contributed by atoms with E-state index in [0.717, 1.165) is 4.57 Å². The number of furan rings is 1. The first-order valence-electron chi connectivity index (χ1n) is 9.39. The van der Waals surface area contributed by atoms with E-state index in [9.17, 15) is 18.4 Å². The van der Waals surface area contributed by atoms with Gasteiger partial charge in [0.05, 0.1) is 35.1 Å². The fourth-order valence-electron chi connectivity index (χ4n) is 3.28. The SMILES string of the molecule is CN(Cc1nc2ccccc2n1C(F)F)C(=O)c1ccccc1NC(=O)c1ccco1. The molecule has 0 atom stereocenters. The van der Waals surface area contributed by atoms with E-state index in [2.05, 4.69) is 10.3 Å². The lowest BCUT2D eigenvalue weighted by atomic mass is 10.1. The zero-order chi connectivity index (χ0) is 22.0. The molecule has 7 nitrogen and oxygen atoms in total. The number of anilines is 1. The van der Waals surface area contributed by atoms with Gasteiger partial charge in [-0.05, 0) is 36.4 Å². The molecular formula is C22H18F2N4O3. The summed E-state index contributed by atoms with van der Waals surface area (Å²) in [6, 6.07) is 16.1. The molecule has 2 aromatic heterocycles. The second kappa shape index (κ2) is 8.39. The largest absolute Gasteiger partial charge is 0.459 e. The summed E-state index contributed by atoms with van der Waals surface area (Å²) in [6.45, 7) is -2.94. The van der Waals surface area contributed by atoms with Crippen LogP contribution in [0.25, 0.3) is 11.0 Å². The molecule has 0 spiro atoms. The number of hydrogen-bond donors (Lipinski definition) is 1. The molecule has 4 rings (SSSR count). The van der Waals surface area contributed by atoms with Crippen molar-refractivity contribution in [3.05, 3.63) is 84.1 Å². The van der Waals surface area contributed by atoms with Crippen molar-refractivity contribution in [1.29, 1.82) is 0 Å². The van der Waals surface area contributed by atoms with Gasteiger partial charge in [-0.25, -0.2) is 4.98 Å². The van der Waals surface area contributed by atoms with Crippen LogP contribution in [-0.2, 0) is 6.54 Å². The van der Waals surface area contributed by atoms with E-state index in [1.165, 1.54) is 24.3 Å². The summed E-state index contributed by atoms with van der Waals surface area (Å²) in [6.07, 6.45) is 1.37. The lowest BCUT2D eigenvalue weighted by Crippen LogP contribution is -2.29. The van der Waals surface area contributed by atoms with E-state index in [0.29, 0.717) is 11.0 Å². The van der Waals surface area contributed by atoms with Crippen molar-refractivity contribution < 1.29 is 22.8 Å². The van der Waals surface area contributed by atoms with Gasteiger partial charge in [0, 0.05) is 7.05 Å². The first kappa shape index (κ1) is 20.3. The number of carbonyl (C=O) groups excluding carboxylic acids is 2. The van der Waals surface area contributed by atoms with Crippen LogP contribution in [-0.4, -0.2) is 33.3 Å². The summed E-state index contributed by atoms with van der Waals surface area (Å²) >= 11 is 0. The van der Waals surface area contributed by atoms with E-state index in [1.54, 1.807) is 54.6 Å². The van der Waals surface area contributed by atoms with Crippen molar-refractivity contribution in [2.45, 2.75) is 13.1 Å². The molecule has 158 valence electrons. The van der Waals surface area contributed by atoms with Crippen molar-refractivity contribution in [3.63, 3.8) is 0 Å². The smallest absolute Gasteiger partial charge is 0.320 e. The number of imidazole rings is 1. The molecule has 0 aliphatic rings. The predicted octanol–water partition coefficient (Wildman–Crippen LogP) is 4.55. The van der Waals surface area contributed by atoms with Crippen LogP contribution in [0.2, 0.25) is 0 Å². The van der Waals surface area contributed by atoms with E-state index < -0.39 is 18.4 Å². The number of para-hydroxylation sites is 3. The van der Waals surface area contributed by atoms with Gasteiger partial charge in [-0.3, -0.25) is 14.2 Å². The van der Waals surface area contributed by atoms with Gasteiger partial charge >= 0.3 is 6.55 Å².